The van der Waals surface area contributed by atoms with Crippen molar-refractivity contribution in [3.8, 4) is 17.0 Å². The summed E-state index contributed by atoms with van der Waals surface area (Å²) in [6.45, 7) is 7.86. The second-order valence-corrected chi connectivity index (χ2v) is 12.6. The third-order valence-electron chi connectivity index (χ3n) is 8.87. The molecule has 0 bridgehead atoms. The second-order valence-electron chi connectivity index (χ2n) is 11.7. The topological polar surface area (TPSA) is 92.2 Å². The minimum atomic E-state index is -0.721. The lowest BCUT2D eigenvalue weighted by molar-refractivity contribution is -0.149. The van der Waals surface area contributed by atoms with Crippen molar-refractivity contribution in [1.82, 2.24) is 9.88 Å². The van der Waals surface area contributed by atoms with Gasteiger partial charge < -0.3 is 24.4 Å². The Balaban J connectivity index is 1.14. The lowest BCUT2D eigenvalue weighted by Gasteiger charge is -2.37. The van der Waals surface area contributed by atoms with Crippen LogP contribution in [0.15, 0.2) is 41.8 Å². The number of hydrogen-bond acceptors (Lipinski definition) is 7. The second kappa shape index (κ2) is 11.4. The molecule has 0 spiro atoms. The van der Waals surface area contributed by atoms with Crippen molar-refractivity contribution in [2.24, 2.45) is 5.41 Å². The molecule has 9 heteroatoms. The van der Waals surface area contributed by atoms with Crippen LogP contribution >= 0.6 is 11.3 Å². The van der Waals surface area contributed by atoms with Gasteiger partial charge in [0.2, 0.25) is 0 Å². The molecule has 41 heavy (non-hydrogen) atoms. The molecule has 1 amide bonds. The molecule has 3 aliphatic rings. The fourth-order valence-corrected chi connectivity index (χ4v) is 6.94. The van der Waals surface area contributed by atoms with Gasteiger partial charge in [0.05, 0.1) is 11.1 Å². The summed E-state index contributed by atoms with van der Waals surface area (Å²) in [7, 11) is 0. The van der Waals surface area contributed by atoms with E-state index >= 15 is 0 Å². The highest BCUT2D eigenvalue weighted by Gasteiger charge is 2.37. The van der Waals surface area contributed by atoms with Crippen molar-refractivity contribution < 1.29 is 24.2 Å². The molecule has 216 valence electrons. The van der Waals surface area contributed by atoms with Crippen LogP contribution in [-0.2, 0) is 22.6 Å². The Morgan fingerprint density at radius 1 is 1.12 bits per heavy atom. The van der Waals surface area contributed by atoms with Gasteiger partial charge in [0.25, 0.3) is 5.91 Å². The minimum absolute atomic E-state index is 0.132. The molecule has 0 saturated carbocycles. The van der Waals surface area contributed by atoms with E-state index < -0.39 is 11.4 Å². The van der Waals surface area contributed by atoms with Gasteiger partial charge in [-0.2, -0.15) is 0 Å². The normalized spacial score (nSPS) is 19.2. The van der Waals surface area contributed by atoms with Crippen LogP contribution in [0, 0.1) is 12.3 Å². The SMILES string of the molecule is Cc1ccc(OCc2ccc3c(c2)CCN(C2CCOCC2)C3=O)c(-c2csc(N3CCC(C)(C(=O)O)CC3)n2)c1. The maximum Gasteiger partial charge on any atom is 0.309 e. The lowest BCUT2D eigenvalue weighted by atomic mass is 9.81. The number of aromatic nitrogens is 1. The Hall–Kier alpha value is -3.43. The first-order valence-corrected chi connectivity index (χ1v) is 15.4. The number of carboxylic acid groups (broad SMARTS) is 1. The molecule has 8 nitrogen and oxygen atoms in total. The van der Waals surface area contributed by atoms with E-state index in [0.717, 1.165) is 83.4 Å². The van der Waals surface area contributed by atoms with Crippen molar-refractivity contribution >= 4 is 28.3 Å². The van der Waals surface area contributed by atoms with Gasteiger partial charge in [-0.15, -0.1) is 11.3 Å². The average Bonchev–Trinajstić information content (AvgIpc) is 3.48. The number of anilines is 1. The van der Waals surface area contributed by atoms with Crippen LogP contribution in [0.4, 0.5) is 5.13 Å². The number of benzene rings is 2. The summed E-state index contributed by atoms with van der Waals surface area (Å²) in [6, 6.07) is 12.5. The summed E-state index contributed by atoms with van der Waals surface area (Å²) in [5.74, 6) is 0.178. The zero-order valence-electron chi connectivity index (χ0n) is 23.7. The van der Waals surface area contributed by atoms with Gasteiger partial charge in [-0.3, -0.25) is 9.59 Å². The smallest absolute Gasteiger partial charge is 0.309 e. The van der Waals surface area contributed by atoms with Gasteiger partial charge in [0.15, 0.2) is 5.13 Å². The molecule has 0 radical (unpaired) electrons. The van der Waals surface area contributed by atoms with Gasteiger partial charge in [0, 0.05) is 55.4 Å². The Bertz CT molecular complexity index is 1440. The zero-order valence-corrected chi connectivity index (χ0v) is 24.5. The van der Waals surface area contributed by atoms with Crippen molar-refractivity contribution in [2.45, 2.75) is 58.6 Å². The number of carbonyl (C=O) groups is 2. The highest BCUT2D eigenvalue weighted by molar-refractivity contribution is 7.14. The number of fused-ring (bicyclic) bond motifs is 1. The van der Waals surface area contributed by atoms with Crippen molar-refractivity contribution in [1.29, 1.82) is 0 Å². The molecule has 1 N–H and O–H groups in total. The molecule has 2 saturated heterocycles. The first kappa shape index (κ1) is 27.7. The first-order valence-electron chi connectivity index (χ1n) is 14.5. The van der Waals surface area contributed by atoms with E-state index in [0.29, 0.717) is 32.5 Å². The highest BCUT2D eigenvalue weighted by Crippen LogP contribution is 2.38. The highest BCUT2D eigenvalue weighted by atomic mass is 32.1. The summed E-state index contributed by atoms with van der Waals surface area (Å²) in [6.07, 6.45) is 3.89. The molecule has 3 aliphatic heterocycles. The van der Waals surface area contributed by atoms with E-state index in [1.165, 1.54) is 0 Å². The maximum absolute atomic E-state index is 13.2. The van der Waals surface area contributed by atoms with Crippen LogP contribution in [0.2, 0.25) is 0 Å². The van der Waals surface area contributed by atoms with Crippen molar-refractivity contribution in [3.05, 3.63) is 64.0 Å². The fourth-order valence-electron chi connectivity index (χ4n) is 6.06. The van der Waals surface area contributed by atoms with E-state index in [1.54, 1.807) is 11.3 Å². The molecule has 2 aromatic carbocycles. The van der Waals surface area contributed by atoms with Crippen LogP contribution < -0.4 is 9.64 Å². The standard InChI is InChI=1S/C32H37N3O5S/c1-21-3-6-28(26(17-21)27-20-41-31(33-27)34-13-10-32(2,11-14-34)30(37)38)40-19-22-4-5-25-23(18-22)7-12-35(29(25)36)24-8-15-39-16-9-24/h3-6,17-18,20,24H,7-16,19H2,1-2H3,(H,37,38). The molecule has 0 unspecified atom stereocenters. The van der Waals surface area contributed by atoms with E-state index in [9.17, 15) is 14.7 Å². The van der Waals surface area contributed by atoms with Gasteiger partial charge in [-0.25, -0.2) is 4.98 Å². The number of aliphatic carboxylic acids is 1. The number of rotatable bonds is 7. The molecule has 6 rings (SSSR count). The Labute approximate surface area is 244 Å². The largest absolute Gasteiger partial charge is 0.488 e. The van der Waals surface area contributed by atoms with E-state index in [4.69, 9.17) is 14.5 Å². The van der Waals surface area contributed by atoms with Crippen LogP contribution in [0.1, 0.15) is 59.7 Å². The van der Waals surface area contributed by atoms with E-state index in [1.807, 2.05) is 36.1 Å². The summed E-state index contributed by atoms with van der Waals surface area (Å²) in [5, 5.41) is 12.5. The monoisotopic (exact) mass is 575 g/mol. The third-order valence-corrected chi connectivity index (χ3v) is 9.77. The number of aryl methyl sites for hydroxylation is 1. The first-order chi connectivity index (χ1) is 19.8. The number of nitrogens with zero attached hydrogens (tertiary/aromatic N) is 3. The third kappa shape index (κ3) is 5.70. The molecule has 3 aromatic rings. The molecule has 0 atom stereocenters. The predicted molar refractivity (Wildman–Crippen MR) is 159 cm³/mol. The number of hydrogen-bond donors (Lipinski definition) is 1. The summed E-state index contributed by atoms with van der Waals surface area (Å²) < 4.78 is 11.8. The van der Waals surface area contributed by atoms with Gasteiger partial charge in [-0.05, 0) is 75.3 Å². The summed E-state index contributed by atoms with van der Waals surface area (Å²) >= 11 is 1.58. The molecule has 0 aliphatic carbocycles. The predicted octanol–water partition coefficient (Wildman–Crippen LogP) is 5.57. The molecule has 4 heterocycles. The number of carbonyl (C=O) groups excluding carboxylic acids is 1. The summed E-state index contributed by atoms with van der Waals surface area (Å²) in [5.41, 5.74) is 5.20. The van der Waals surface area contributed by atoms with Crippen molar-refractivity contribution in [2.75, 3.05) is 37.7 Å². The van der Waals surface area contributed by atoms with E-state index in [2.05, 4.69) is 29.3 Å². The fraction of sp³-hybridized carbons (Fsp3) is 0.469. The van der Waals surface area contributed by atoms with Gasteiger partial charge >= 0.3 is 5.97 Å². The number of thiazole rings is 1. The Morgan fingerprint density at radius 2 is 1.90 bits per heavy atom. The molecular formula is C32H37N3O5S. The van der Waals surface area contributed by atoms with Crippen LogP contribution in [-0.4, -0.2) is 65.8 Å². The van der Waals surface area contributed by atoms with E-state index in [-0.39, 0.29) is 11.9 Å². The van der Waals surface area contributed by atoms with Crippen LogP contribution in [0.25, 0.3) is 11.3 Å². The molecular weight excluding hydrogens is 538 g/mol. The van der Waals surface area contributed by atoms with Gasteiger partial charge in [-0.1, -0.05) is 23.8 Å². The Kier molecular flexibility index (Phi) is 7.74. The van der Waals surface area contributed by atoms with Crippen LogP contribution in [0.5, 0.6) is 5.75 Å². The number of ether oxygens (including phenoxy) is 2. The minimum Gasteiger partial charge on any atom is -0.488 e. The summed E-state index contributed by atoms with van der Waals surface area (Å²) in [4.78, 5) is 34.0. The number of piperidine rings is 1. The maximum atomic E-state index is 13.2. The number of amides is 1. The molecule has 2 fully saturated rings. The van der Waals surface area contributed by atoms with Crippen LogP contribution in [0.3, 0.4) is 0 Å². The zero-order chi connectivity index (χ0) is 28.6. The molecule has 1 aromatic heterocycles. The number of carboxylic acids is 1. The van der Waals surface area contributed by atoms with Crippen molar-refractivity contribution in [3.63, 3.8) is 0 Å². The Morgan fingerprint density at radius 3 is 2.66 bits per heavy atom. The quantitative estimate of drug-likeness (QED) is 0.394. The average molecular weight is 576 g/mol. The lowest BCUT2D eigenvalue weighted by Crippen LogP contribution is -2.47. The van der Waals surface area contributed by atoms with Gasteiger partial charge in [0.1, 0.15) is 12.4 Å².